The first-order valence-electron chi connectivity index (χ1n) is 5.53. The summed E-state index contributed by atoms with van der Waals surface area (Å²) in [6, 6.07) is 12.5. The highest BCUT2D eigenvalue weighted by atomic mass is 79.9. The third-order valence-corrected chi connectivity index (χ3v) is 3.59. The first-order chi connectivity index (χ1) is 9.08. The molecular formula is C15H10Br2O2. The molecule has 0 bridgehead atoms. The second-order valence-electron chi connectivity index (χ2n) is 3.89. The SMILES string of the molecule is O=C(C=Cc1cc(Br)cc(Br)c1O)c1ccccc1. The molecule has 0 spiro atoms. The van der Waals surface area contributed by atoms with Crippen LogP contribution in [0.4, 0.5) is 0 Å². The molecule has 0 atom stereocenters. The molecule has 0 saturated carbocycles. The van der Waals surface area contributed by atoms with Gasteiger partial charge in [0.25, 0.3) is 0 Å². The minimum Gasteiger partial charge on any atom is -0.506 e. The standard InChI is InChI=1S/C15H10Br2O2/c16-12-8-11(15(19)13(17)9-12)6-7-14(18)10-4-2-1-3-5-10/h1-9,19H. The highest BCUT2D eigenvalue weighted by Crippen LogP contribution is 2.32. The van der Waals surface area contributed by atoms with Crippen molar-refractivity contribution < 1.29 is 9.90 Å². The van der Waals surface area contributed by atoms with Crippen molar-refractivity contribution in [3.05, 3.63) is 68.6 Å². The van der Waals surface area contributed by atoms with E-state index in [1.807, 2.05) is 18.2 Å². The van der Waals surface area contributed by atoms with Gasteiger partial charge in [-0.3, -0.25) is 4.79 Å². The van der Waals surface area contributed by atoms with E-state index in [0.717, 1.165) is 4.47 Å². The van der Waals surface area contributed by atoms with E-state index in [1.165, 1.54) is 6.08 Å². The molecule has 0 unspecified atom stereocenters. The molecule has 2 aromatic rings. The van der Waals surface area contributed by atoms with Crippen LogP contribution in [-0.2, 0) is 0 Å². The summed E-state index contributed by atoms with van der Waals surface area (Å²) in [5, 5.41) is 9.88. The van der Waals surface area contributed by atoms with Crippen molar-refractivity contribution in [2.45, 2.75) is 0 Å². The van der Waals surface area contributed by atoms with E-state index < -0.39 is 0 Å². The van der Waals surface area contributed by atoms with Crippen LogP contribution in [0.5, 0.6) is 5.75 Å². The van der Waals surface area contributed by atoms with Gasteiger partial charge in [0.05, 0.1) is 4.47 Å². The molecule has 0 radical (unpaired) electrons. The molecule has 1 N–H and O–H groups in total. The van der Waals surface area contributed by atoms with E-state index in [9.17, 15) is 9.90 Å². The average Bonchev–Trinajstić information content (AvgIpc) is 2.41. The Morgan fingerprint density at radius 3 is 2.47 bits per heavy atom. The molecule has 96 valence electrons. The maximum atomic E-state index is 11.9. The lowest BCUT2D eigenvalue weighted by Crippen LogP contribution is -1.92. The fourth-order valence-electron chi connectivity index (χ4n) is 1.58. The van der Waals surface area contributed by atoms with Crippen LogP contribution in [0.2, 0.25) is 0 Å². The molecule has 2 nitrogen and oxygen atoms in total. The second kappa shape index (κ2) is 6.17. The lowest BCUT2D eigenvalue weighted by atomic mass is 10.1. The summed E-state index contributed by atoms with van der Waals surface area (Å²) in [6.07, 6.45) is 3.05. The number of halogens is 2. The number of phenolic OH excluding ortho intramolecular Hbond substituents is 1. The Morgan fingerprint density at radius 2 is 1.79 bits per heavy atom. The third kappa shape index (κ3) is 3.55. The largest absolute Gasteiger partial charge is 0.506 e. The fraction of sp³-hybridized carbons (Fsp3) is 0. The smallest absolute Gasteiger partial charge is 0.185 e. The van der Waals surface area contributed by atoms with Gasteiger partial charge >= 0.3 is 0 Å². The van der Waals surface area contributed by atoms with E-state index in [1.54, 1.807) is 30.3 Å². The summed E-state index contributed by atoms with van der Waals surface area (Å²) in [6.45, 7) is 0. The van der Waals surface area contributed by atoms with Gasteiger partial charge < -0.3 is 5.11 Å². The van der Waals surface area contributed by atoms with Crippen LogP contribution < -0.4 is 0 Å². The Kier molecular flexibility index (Phi) is 4.56. The molecule has 0 aliphatic rings. The van der Waals surface area contributed by atoms with Crippen molar-refractivity contribution in [2.24, 2.45) is 0 Å². The van der Waals surface area contributed by atoms with Crippen molar-refractivity contribution in [3.8, 4) is 5.75 Å². The van der Waals surface area contributed by atoms with Gasteiger partial charge in [0.2, 0.25) is 0 Å². The van der Waals surface area contributed by atoms with Crippen LogP contribution in [-0.4, -0.2) is 10.9 Å². The molecule has 0 saturated heterocycles. The summed E-state index contributed by atoms with van der Waals surface area (Å²) in [7, 11) is 0. The van der Waals surface area contributed by atoms with Crippen LogP contribution in [0.15, 0.2) is 57.5 Å². The number of allylic oxidation sites excluding steroid dienone is 1. The predicted octanol–water partition coefficient (Wildman–Crippen LogP) is 4.81. The number of phenols is 1. The van der Waals surface area contributed by atoms with Gasteiger partial charge in [-0.2, -0.15) is 0 Å². The Balaban J connectivity index is 2.27. The third-order valence-electron chi connectivity index (χ3n) is 2.53. The number of carbonyl (C=O) groups excluding carboxylic acids is 1. The van der Waals surface area contributed by atoms with Gasteiger partial charge in [0.15, 0.2) is 5.78 Å². The predicted molar refractivity (Wildman–Crippen MR) is 83.3 cm³/mol. The van der Waals surface area contributed by atoms with Gasteiger partial charge in [-0.15, -0.1) is 0 Å². The van der Waals surface area contributed by atoms with Gasteiger partial charge in [-0.25, -0.2) is 0 Å². The summed E-state index contributed by atoms with van der Waals surface area (Å²) in [5.41, 5.74) is 1.19. The minimum atomic E-state index is -0.101. The molecule has 4 heteroatoms. The average molecular weight is 382 g/mol. The van der Waals surface area contributed by atoms with Crippen LogP contribution in [0.3, 0.4) is 0 Å². The Morgan fingerprint density at radius 1 is 1.11 bits per heavy atom. The molecule has 0 aromatic heterocycles. The number of hydrogen-bond donors (Lipinski definition) is 1. The Bertz CT molecular complexity index is 634. The van der Waals surface area contributed by atoms with Crippen LogP contribution in [0.1, 0.15) is 15.9 Å². The van der Waals surface area contributed by atoms with Crippen molar-refractivity contribution in [1.82, 2.24) is 0 Å². The summed E-state index contributed by atoms with van der Waals surface area (Å²) < 4.78 is 1.40. The second-order valence-corrected chi connectivity index (χ2v) is 5.66. The van der Waals surface area contributed by atoms with Crippen molar-refractivity contribution >= 4 is 43.7 Å². The monoisotopic (exact) mass is 380 g/mol. The molecular weight excluding hydrogens is 372 g/mol. The van der Waals surface area contributed by atoms with Crippen LogP contribution >= 0.6 is 31.9 Å². The quantitative estimate of drug-likeness (QED) is 0.611. The first kappa shape index (κ1) is 14.0. The molecule has 0 heterocycles. The number of benzene rings is 2. The van der Waals surface area contributed by atoms with Crippen LogP contribution in [0, 0.1) is 0 Å². The molecule has 2 rings (SSSR count). The minimum absolute atomic E-state index is 0.101. The maximum absolute atomic E-state index is 11.9. The van der Waals surface area contributed by atoms with E-state index in [4.69, 9.17) is 0 Å². The lowest BCUT2D eigenvalue weighted by molar-refractivity contribution is 0.104. The van der Waals surface area contributed by atoms with Crippen LogP contribution in [0.25, 0.3) is 6.08 Å². The Labute approximate surface area is 128 Å². The highest BCUT2D eigenvalue weighted by molar-refractivity contribution is 9.11. The van der Waals surface area contributed by atoms with E-state index in [0.29, 0.717) is 15.6 Å². The van der Waals surface area contributed by atoms with E-state index >= 15 is 0 Å². The topological polar surface area (TPSA) is 37.3 Å². The highest BCUT2D eigenvalue weighted by Gasteiger charge is 2.06. The molecule has 0 fully saturated rings. The zero-order chi connectivity index (χ0) is 13.8. The maximum Gasteiger partial charge on any atom is 0.185 e. The van der Waals surface area contributed by atoms with Gasteiger partial charge in [-0.05, 0) is 40.2 Å². The first-order valence-corrected chi connectivity index (χ1v) is 7.12. The summed E-state index contributed by atoms with van der Waals surface area (Å²) >= 11 is 6.59. The zero-order valence-electron chi connectivity index (χ0n) is 9.81. The molecule has 0 amide bonds. The van der Waals surface area contributed by atoms with E-state index in [-0.39, 0.29) is 11.5 Å². The summed E-state index contributed by atoms with van der Waals surface area (Å²) in [4.78, 5) is 11.9. The number of carbonyl (C=O) groups is 1. The molecule has 2 aromatic carbocycles. The van der Waals surface area contributed by atoms with Gasteiger partial charge in [0, 0.05) is 15.6 Å². The summed E-state index contributed by atoms with van der Waals surface area (Å²) in [5.74, 6) is 0.0106. The Hall–Kier alpha value is -1.39. The number of hydrogen-bond acceptors (Lipinski definition) is 2. The normalized spacial score (nSPS) is 10.8. The van der Waals surface area contributed by atoms with Crippen molar-refractivity contribution in [2.75, 3.05) is 0 Å². The molecule has 19 heavy (non-hydrogen) atoms. The number of aromatic hydroxyl groups is 1. The number of ketones is 1. The van der Waals surface area contributed by atoms with Crippen molar-refractivity contribution in [3.63, 3.8) is 0 Å². The van der Waals surface area contributed by atoms with Gasteiger partial charge in [-0.1, -0.05) is 46.3 Å². The van der Waals surface area contributed by atoms with Crippen molar-refractivity contribution in [1.29, 1.82) is 0 Å². The lowest BCUT2D eigenvalue weighted by Gasteiger charge is -2.03. The molecule has 0 aliphatic carbocycles. The zero-order valence-corrected chi connectivity index (χ0v) is 13.0. The number of rotatable bonds is 3. The van der Waals surface area contributed by atoms with Gasteiger partial charge in [0.1, 0.15) is 5.75 Å². The fourth-order valence-corrected chi connectivity index (χ4v) is 2.84. The van der Waals surface area contributed by atoms with E-state index in [2.05, 4.69) is 31.9 Å². The molecule has 0 aliphatic heterocycles.